The molecule has 2 aliphatic carbocycles. The van der Waals surface area contributed by atoms with Crippen molar-refractivity contribution in [3.63, 3.8) is 0 Å². The van der Waals surface area contributed by atoms with E-state index in [0.717, 1.165) is 28.7 Å². The summed E-state index contributed by atoms with van der Waals surface area (Å²) in [5, 5.41) is 0. The molecule has 1 radical (unpaired) electrons. The van der Waals surface area contributed by atoms with Crippen LogP contribution < -0.4 is 0 Å². The Labute approximate surface area is 193 Å². The SMILES string of the molecule is F[B-](F)[N+]1=C2C(=C/C1=C(/c1cc3c([nH]1)-c1ccccc1CC3)C(F)(F)F)CCc1ccccc12. The van der Waals surface area contributed by atoms with E-state index in [-0.39, 0.29) is 11.4 Å². The van der Waals surface area contributed by atoms with Crippen LogP contribution in [0.1, 0.15) is 34.4 Å². The van der Waals surface area contributed by atoms with Crippen molar-refractivity contribution < 1.29 is 26.3 Å². The summed E-state index contributed by atoms with van der Waals surface area (Å²) in [6.07, 6.45) is -1.20. The number of alkyl halides is 3. The number of aromatic nitrogens is 1. The van der Waals surface area contributed by atoms with Gasteiger partial charge >= 0.3 is 13.6 Å². The molecule has 1 aliphatic heterocycles. The Hall–Kier alpha value is -3.42. The molecule has 0 fully saturated rings. The normalized spacial score (nSPS) is 18.4. The van der Waals surface area contributed by atoms with Crippen LogP contribution in [0.25, 0.3) is 16.8 Å². The van der Waals surface area contributed by atoms with Gasteiger partial charge in [-0.25, -0.2) is 0 Å². The quantitative estimate of drug-likeness (QED) is 0.335. The summed E-state index contributed by atoms with van der Waals surface area (Å²) in [5.41, 5.74) is 3.67. The molecule has 34 heavy (non-hydrogen) atoms. The largest absolute Gasteiger partial charge is 0.609 e. The molecule has 3 aromatic rings. The molecule has 2 nitrogen and oxygen atoms in total. The van der Waals surface area contributed by atoms with E-state index in [9.17, 15) is 21.8 Å². The number of benzene rings is 2. The predicted octanol–water partition coefficient (Wildman–Crippen LogP) is 6.37. The lowest BCUT2D eigenvalue weighted by Gasteiger charge is -2.20. The minimum Gasteiger partial charge on any atom is -0.433 e. The van der Waals surface area contributed by atoms with Crippen molar-refractivity contribution in [3.05, 3.63) is 99.9 Å². The first kappa shape index (κ1) is 21.1. The van der Waals surface area contributed by atoms with Crippen LogP contribution in [0.2, 0.25) is 0 Å². The summed E-state index contributed by atoms with van der Waals surface area (Å²) in [5.74, 6) is 0. The number of nitrogens with one attached hydrogen (secondary N) is 1. The van der Waals surface area contributed by atoms with Crippen LogP contribution in [0.5, 0.6) is 0 Å². The van der Waals surface area contributed by atoms with Gasteiger partial charge in [0.2, 0.25) is 0 Å². The number of hydrogen-bond acceptors (Lipinski definition) is 0. The smallest absolute Gasteiger partial charge is 0.433 e. The number of halogens is 5. The van der Waals surface area contributed by atoms with Crippen LogP contribution in [0.4, 0.5) is 21.8 Å². The Morgan fingerprint density at radius 3 is 2.15 bits per heavy atom. The van der Waals surface area contributed by atoms with Crippen molar-refractivity contribution in [1.29, 1.82) is 0 Å². The van der Waals surface area contributed by atoms with E-state index in [1.165, 1.54) is 12.1 Å². The van der Waals surface area contributed by atoms with Crippen LogP contribution in [-0.2, 0) is 19.3 Å². The van der Waals surface area contributed by atoms with Gasteiger partial charge in [-0.05, 0) is 54.5 Å². The molecule has 2 aromatic carbocycles. The number of hydrogen-bond donors (Lipinski definition) is 1. The number of allylic oxidation sites excluding steroid dienone is 3. The highest BCUT2D eigenvalue weighted by molar-refractivity contribution is 6.36. The van der Waals surface area contributed by atoms with Gasteiger partial charge in [0.15, 0.2) is 11.4 Å². The fraction of sp³-hybridized carbons (Fsp3) is 0.192. The molecule has 0 amide bonds. The number of aryl methyl sites for hydroxylation is 3. The zero-order valence-corrected chi connectivity index (χ0v) is 18.0. The zero-order valence-electron chi connectivity index (χ0n) is 18.0. The Bertz CT molecular complexity index is 1420. The van der Waals surface area contributed by atoms with E-state index in [0.29, 0.717) is 40.6 Å². The third kappa shape index (κ3) is 3.19. The van der Waals surface area contributed by atoms with Gasteiger partial charge in [-0.1, -0.05) is 42.5 Å². The number of H-pyrrole nitrogens is 1. The highest BCUT2D eigenvalue weighted by atomic mass is 19.4. The van der Waals surface area contributed by atoms with E-state index in [4.69, 9.17) is 0 Å². The molecule has 3 aliphatic rings. The van der Waals surface area contributed by atoms with Crippen molar-refractivity contribution in [2.75, 3.05) is 0 Å². The zero-order chi connectivity index (χ0) is 23.6. The van der Waals surface area contributed by atoms with E-state index in [1.54, 1.807) is 12.1 Å². The van der Waals surface area contributed by atoms with Crippen molar-refractivity contribution in [2.45, 2.75) is 31.9 Å². The summed E-state index contributed by atoms with van der Waals surface area (Å²) < 4.78 is 73.0. The predicted molar refractivity (Wildman–Crippen MR) is 122 cm³/mol. The van der Waals surface area contributed by atoms with Crippen LogP contribution in [0.3, 0.4) is 0 Å². The monoisotopic (exact) mass is 465 g/mol. The van der Waals surface area contributed by atoms with Crippen LogP contribution in [0.15, 0.2) is 71.9 Å². The molecule has 0 spiro atoms. The average Bonchev–Trinajstić information content (AvgIpc) is 3.40. The van der Waals surface area contributed by atoms with E-state index in [2.05, 4.69) is 4.98 Å². The Morgan fingerprint density at radius 1 is 0.824 bits per heavy atom. The van der Waals surface area contributed by atoms with Gasteiger partial charge in [-0.15, -0.1) is 0 Å². The van der Waals surface area contributed by atoms with Gasteiger partial charge in [0.1, 0.15) is 5.57 Å². The second-order valence-corrected chi connectivity index (χ2v) is 8.82. The average molecular weight is 465 g/mol. The molecule has 0 saturated carbocycles. The lowest BCUT2D eigenvalue weighted by molar-refractivity contribution is -0.342. The third-order valence-electron chi connectivity index (χ3n) is 6.91. The molecule has 0 saturated heterocycles. The number of rotatable bonds is 2. The van der Waals surface area contributed by atoms with Crippen LogP contribution >= 0.6 is 0 Å². The lowest BCUT2D eigenvalue weighted by Crippen LogP contribution is -2.30. The minimum absolute atomic E-state index is 0.176. The van der Waals surface area contributed by atoms with Gasteiger partial charge in [0.05, 0.1) is 5.69 Å². The van der Waals surface area contributed by atoms with Gasteiger partial charge < -0.3 is 18.1 Å². The van der Waals surface area contributed by atoms with Crippen LogP contribution in [-0.4, -0.2) is 28.8 Å². The standard InChI is InChI=1S/C26H19BF5N2/c28-26(29,30)23(21-13-17-11-9-15-5-1-3-7-19(15)24(17)33-21)22-14-18-12-10-16-6-2-4-8-20(16)25(18)34(22)27(31)32/h1-8,13-14,33H,9-12H2/b23-22+. The highest BCUT2D eigenvalue weighted by Crippen LogP contribution is 2.44. The molecule has 8 heteroatoms. The lowest BCUT2D eigenvalue weighted by atomic mass is 9.86. The van der Waals surface area contributed by atoms with Gasteiger partial charge in [0, 0.05) is 28.5 Å². The first-order valence-electron chi connectivity index (χ1n) is 11.2. The number of aromatic amines is 1. The molecule has 1 N–H and O–H groups in total. The van der Waals surface area contributed by atoms with Crippen molar-refractivity contribution >= 4 is 18.7 Å². The molecular weight excluding hydrogens is 446 g/mol. The maximum absolute atomic E-state index is 14.5. The molecule has 6 rings (SSSR count). The molecular formula is C26H19BF5N2. The van der Waals surface area contributed by atoms with Crippen LogP contribution in [0, 0.1) is 0 Å². The number of nitrogens with zero attached hydrogens (tertiary/aromatic N) is 1. The van der Waals surface area contributed by atoms with Gasteiger partial charge in [-0.3, -0.25) is 0 Å². The summed E-state index contributed by atoms with van der Waals surface area (Å²) in [7, 11) is -3.12. The van der Waals surface area contributed by atoms with E-state index >= 15 is 0 Å². The Morgan fingerprint density at radius 2 is 1.44 bits per heavy atom. The van der Waals surface area contributed by atoms with E-state index in [1.807, 2.05) is 36.4 Å². The second kappa shape index (κ2) is 7.55. The molecule has 0 bridgehead atoms. The first-order chi connectivity index (χ1) is 16.3. The topological polar surface area (TPSA) is 18.8 Å². The highest BCUT2D eigenvalue weighted by Gasteiger charge is 2.46. The molecule has 2 heterocycles. The summed E-state index contributed by atoms with van der Waals surface area (Å²) in [6.45, 7) is 0. The van der Waals surface area contributed by atoms with E-state index < -0.39 is 24.8 Å². The minimum atomic E-state index is -4.83. The molecule has 0 atom stereocenters. The van der Waals surface area contributed by atoms with Gasteiger partial charge in [0.25, 0.3) is 0 Å². The molecule has 0 unspecified atom stereocenters. The second-order valence-electron chi connectivity index (χ2n) is 8.82. The summed E-state index contributed by atoms with van der Waals surface area (Å²) >= 11 is 0. The molecule has 1 aromatic heterocycles. The number of fused-ring (bicyclic) bond motifs is 6. The van der Waals surface area contributed by atoms with Crippen molar-refractivity contribution in [1.82, 2.24) is 4.98 Å². The fourth-order valence-corrected chi connectivity index (χ4v) is 5.46. The first-order valence-corrected chi connectivity index (χ1v) is 11.2. The maximum Gasteiger partial charge on any atom is 0.609 e. The summed E-state index contributed by atoms with van der Waals surface area (Å²) in [6, 6.07) is 16.1. The molecule has 171 valence electrons. The van der Waals surface area contributed by atoms with Crippen molar-refractivity contribution in [2.24, 2.45) is 0 Å². The maximum atomic E-state index is 14.5. The summed E-state index contributed by atoms with van der Waals surface area (Å²) in [4.78, 5) is 2.95. The Balaban J connectivity index is 1.61. The van der Waals surface area contributed by atoms with Crippen molar-refractivity contribution in [3.8, 4) is 11.3 Å². The Kier molecular flexibility index (Phi) is 4.69. The third-order valence-corrected chi connectivity index (χ3v) is 6.91. The van der Waals surface area contributed by atoms with Gasteiger partial charge in [-0.2, -0.15) is 13.2 Å². The fourth-order valence-electron chi connectivity index (χ4n) is 5.46.